The van der Waals surface area contributed by atoms with Gasteiger partial charge in [0.2, 0.25) is 0 Å². The van der Waals surface area contributed by atoms with Crippen LogP contribution in [0.5, 0.6) is 0 Å². The van der Waals surface area contributed by atoms with E-state index in [-0.39, 0.29) is 12.5 Å². The number of carbonyl (C=O) groups excluding carboxylic acids is 2. The van der Waals surface area contributed by atoms with Gasteiger partial charge in [0, 0.05) is 12.1 Å². The first-order valence-electron chi connectivity index (χ1n) is 6.81. The van der Waals surface area contributed by atoms with Gasteiger partial charge in [0.05, 0.1) is 6.54 Å². The number of amides is 1. The zero-order valence-electron chi connectivity index (χ0n) is 11.7. The second kappa shape index (κ2) is 7.80. The van der Waals surface area contributed by atoms with Crippen molar-refractivity contribution in [1.82, 2.24) is 4.90 Å². The molecular weight excluding hydrogens is 262 g/mol. The Morgan fingerprint density at radius 2 is 1.52 bits per heavy atom. The lowest BCUT2D eigenvalue weighted by atomic mass is 10.2. The average Bonchev–Trinajstić information content (AvgIpc) is 2.55. The Morgan fingerprint density at radius 3 is 2.14 bits per heavy atom. The summed E-state index contributed by atoms with van der Waals surface area (Å²) >= 11 is 0. The molecule has 3 nitrogen and oxygen atoms in total. The third kappa shape index (κ3) is 4.42. The molecule has 2 rings (SSSR count). The van der Waals surface area contributed by atoms with Crippen molar-refractivity contribution in [1.29, 1.82) is 0 Å². The molecule has 1 amide bonds. The van der Waals surface area contributed by atoms with Crippen LogP contribution in [-0.4, -0.2) is 30.2 Å². The summed E-state index contributed by atoms with van der Waals surface area (Å²) in [7, 11) is 0. The lowest BCUT2D eigenvalue weighted by Gasteiger charge is -2.18. The molecule has 106 valence electrons. The summed E-state index contributed by atoms with van der Waals surface area (Å²) in [5.41, 5.74) is 1.66. The van der Waals surface area contributed by atoms with Gasteiger partial charge in [-0.3, -0.25) is 4.79 Å². The molecule has 0 atom stereocenters. The second-order valence-corrected chi connectivity index (χ2v) is 4.56. The normalized spacial score (nSPS) is 10.5. The van der Waals surface area contributed by atoms with Crippen LogP contribution in [0.3, 0.4) is 0 Å². The molecule has 0 bridgehead atoms. The first-order chi connectivity index (χ1) is 10.3. The SMILES string of the molecule is O=CCN(C/C=C/c1ccccc1)C(=O)c1ccccc1. The monoisotopic (exact) mass is 279 g/mol. The first kappa shape index (κ1) is 14.7. The largest absolute Gasteiger partial charge is 0.328 e. The molecule has 0 heterocycles. The van der Waals surface area contributed by atoms with Gasteiger partial charge in [0.15, 0.2) is 0 Å². The van der Waals surface area contributed by atoms with Crippen molar-refractivity contribution in [2.24, 2.45) is 0 Å². The zero-order valence-corrected chi connectivity index (χ0v) is 11.7. The van der Waals surface area contributed by atoms with Crippen LogP contribution in [0, 0.1) is 0 Å². The average molecular weight is 279 g/mol. The van der Waals surface area contributed by atoms with Gasteiger partial charge in [-0.05, 0) is 17.7 Å². The van der Waals surface area contributed by atoms with Crippen LogP contribution in [0.1, 0.15) is 15.9 Å². The molecule has 0 aromatic heterocycles. The molecule has 0 unspecified atom stereocenters. The Bertz CT molecular complexity index is 606. The summed E-state index contributed by atoms with van der Waals surface area (Å²) in [4.78, 5) is 24.6. The second-order valence-electron chi connectivity index (χ2n) is 4.56. The van der Waals surface area contributed by atoms with Gasteiger partial charge < -0.3 is 9.69 Å². The Morgan fingerprint density at radius 1 is 0.905 bits per heavy atom. The van der Waals surface area contributed by atoms with Gasteiger partial charge in [0.1, 0.15) is 6.29 Å². The molecule has 0 aliphatic carbocycles. The fourth-order valence-electron chi connectivity index (χ4n) is 1.97. The molecule has 0 spiro atoms. The van der Waals surface area contributed by atoms with Crippen molar-refractivity contribution in [3.63, 3.8) is 0 Å². The maximum absolute atomic E-state index is 12.3. The van der Waals surface area contributed by atoms with Gasteiger partial charge >= 0.3 is 0 Å². The summed E-state index contributed by atoms with van der Waals surface area (Å²) < 4.78 is 0. The highest BCUT2D eigenvalue weighted by molar-refractivity contribution is 5.95. The van der Waals surface area contributed by atoms with Crippen LogP contribution < -0.4 is 0 Å². The van der Waals surface area contributed by atoms with Crippen molar-refractivity contribution in [2.75, 3.05) is 13.1 Å². The maximum atomic E-state index is 12.3. The molecular formula is C18H17NO2. The topological polar surface area (TPSA) is 37.4 Å². The van der Waals surface area contributed by atoms with Gasteiger partial charge in [-0.15, -0.1) is 0 Å². The molecule has 2 aromatic rings. The van der Waals surface area contributed by atoms with Crippen LogP contribution in [-0.2, 0) is 4.79 Å². The molecule has 0 N–H and O–H groups in total. The lowest BCUT2D eigenvalue weighted by Crippen LogP contribution is -2.32. The van der Waals surface area contributed by atoms with Crippen molar-refractivity contribution in [3.05, 3.63) is 77.9 Å². The Hall–Kier alpha value is -2.68. The molecule has 0 aliphatic rings. The number of aldehydes is 1. The molecule has 21 heavy (non-hydrogen) atoms. The van der Waals surface area contributed by atoms with Crippen LogP contribution in [0.4, 0.5) is 0 Å². The molecule has 0 saturated carbocycles. The van der Waals surface area contributed by atoms with E-state index in [1.165, 1.54) is 4.90 Å². The first-order valence-corrected chi connectivity index (χ1v) is 6.81. The van der Waals surface area contributed by atoms with Crippen molar-refractivity contribution in [3.8, 4) is 0 Å². The van der Waals surface area contributed by atoms with E-state index < -0.39 is 0 Å². The lowest BCUT2D eigenvalue weighted by molar-refractivity contribution is -0.108. The molecule has 2 aromatic carbocycles. The van der Waals surface area contributed by atoms with Gasteiger partial charge in [0.25, 0.3) is 5.91 Å². The summed E-state index contributed by atoms with van der Waals surface area (Å²) in [5.74, 6) is -0.139. The summed E-state index contributed by atoms with van der Waals surface area (Å²) in [6.07, 6.45) is 4.58. The van der Waals surface area contributed by atoms with E-state index in [4.69, 9.17) is 0 Å². The summed E-state index contributed by atoms with van der Waals surface area (Å²) in [6, 6.07) is 18.8. The number of hydrogen-bond donors (Lipinski definition) is 0. The van der Waals surface area contributed by atoms with Crippen LogP contribution in [0.15, 0.2) is 66.7 Å². The fourth-order valence-corrected chi connectivity index (χ4v) is 1.97. The highest BCUT2D eigenvalue weighted by Crippen LogP contribution is 2.06. The molecule has 0 fully saturated rings. The summed E-state index contributed by atoms with van der Waals surface area (Å²) in [5, 5.41) is 0. The number of nitrogens with zero attached hydrogens (tertiary/aromatic N) is 1. The third-order valence-electron chi connectivity index (χ3n) is 3.04. The zero-order chi connectivity index (χ0) is 14.9. The van der Waals surface area contributed by atoms with Gasteiger partial charge in [-0.25, -0.2) is 0 Å². The van der Waals surface area contributed by atoms with Crippen LogP contribution >= 0.6 is 0 Å². The number of benzene rings is 2. The van der Waals surface area contributed by atoms with Crippen molar-refractivity contribution >= 4 is 18.3 Å². The van der Waals surface area contributed by atoms with E-state index >= 15 is 0 Å². The predicted octanol–water partition coefficient (Wildman–Crippen LogP) is 3.04. The van der Waals surface area contributed by atoms with E-state index in [2.05, 4.69) is 0 Å². The maximum Gasteiger partial charge on any atom is 0.254 e. The fraction of sp³-hybridized carbons (Fsp3) is 0.111. The van der Waals surface area contributed by atoms with E-state index in [0.29, 0.717) is 12.1 Å². The summed E-state index contributed by atoms with van der Waals surface area (Å²) in [6.45, 7) is 0.494. The van der Waals surface area contributed by atoms with E-state index in [1.807, 2.05) is 60.7 Å². The van der Waals surface area contributed by atoms with E-state index in [9.17, 15) is 9.59 Å². The molecule has 0 aliphatic heterocycles. The molecule has 0 radical (unpaired) electrons. The minimum atomic E-state index is -0.139. The minimum Gasteiger partial charge on any atom is -0.328 e. The number of hydrogen-bond acceptors (Lipinski definition) is 2. The van der Waals surface area contributed by atoms with Gasteiger partial charge in [-0.1, -0.05) is 60.7 Å². The smallest absolute Gasteiger partial charge is 0.254 e. The van der Waals surface area contributed by atoms with Crippen molar-refractivity contribution in [2.45, 2.75) is 0 Å². The standard InChI is InChI=1S/C18H17NO2/c20-15-14-19(18(21)17-11-5-2-6-12-17)13-7-10-16-8-3-1-4-9-16/h1-12,15H,13-14H2/b10-7+. The molecule has 0 saturated heterocycles. The number of rotatable bonds is 6. The number of carbonyl (C=O) groups is 2. The predicted molar refractivity (Wildman–Crippen MR) is 83.9 cm³/mol. The quantitative estimate of drug-likeness (QED) is 0.762. The Labute approximate surface area is 124 Å². The minimum absolute atomic E-state index is 0.0901. The van der Waals surface area contributed by atoms with Crippen molar-refractivity contribution < 1.29 is 9.59 Å². The van der Waals surface area contributed by atoms with E-state index in [1.54, 1.807) is 12.1 Å². The Balaban J connectivity index is 2.04. The molecule has 3 heteroatoms. The van der Waals surface area contributed by atoms with Gasteiger partial charge in [-0.2, -0.15) is 0 Å². The van der Waals surface area contributed by atoms with Crippen LogP contribution in [0.2, 0.25) is 0 Å². The third-order valence-corrected chi connectivity index (χ3v) is 3.04. The highest BCUT2D eigenvalue weighted by Gasteiger charge is 2.13. The Kier molecular flexibility index (Phi) is 5.47. The van der Waals surface area contributed by atoms with Crippen LogP contribution in [0.25, 0.3) is 6.08 Å². The highest BCUT2D eigenvalue weighted by atomic mass is 16.2. The van der Waals surface area contributed by atoms with E-state index in [0.717, 1.165) is 11.8 Å².